The molecule has 0 saturated carbocycles. The van der Waals surface area contributed by atoms with E-state index in [-0.39, 0.29) is 12.8 Å². The Hall–Kier alpha value is -1.54. The van der Waals surface area contributed by atoms with Crippen molar-refractivity contribution < 1.29 is 19.4 Å². The number of ether oxygens (including phenoxy) is 1. The van der Waals surface area contributed by atoms with Gasteiger partial charge in [0.05, 0.1) is 6.42 Å². The van der Waals surface area contributed by atoms with Crippen LogP contribution in [0.15, 0.2) is 0 Å². The van der Waals surface area contributed by atoms with Crippen molar-refractivity contribution in [2.75, 3.05) is 0 Å². The van der Waals surface area contributed by atoms with Crippen LogP contribution in [-0.4, -0.2) is 28.7 Å². The third kappa shape index (κ3) is 9.03. The Labute approximate surface area is 95.0 Å². The van der Waals surface area contributed by atoms with Crippen LogP contribution in [0.25, 0.3) is 0 Å². The third-order valence-corrected chi connectivity index (χ3v) is 1.39. The fourth-order valence-corrected chi connectivity index (χ4v) is 0.854. The second-order valence-electron chi connectivity index (χ2n) is 4.37. The number of rotatable bonds is 3. The average molecular weight is 227 g/mol. The predicted octanol–water partition coefficient (Wildman–Crippen LogP) is 0.524. The first-order valence-corrected chi connectivity index (χ1v) is 4.90. The lowest BCUT2D eigenvalue weighted by atomic mass is 10.1. The molecule has 0 heterocycles. The van der Waals surface area contributed by atoms with E-state index in [9.17, 15) is 9.59 Å². The van der Waals surface area contributed by atoms with E-state index < -0.39 is 23.6 Å². The second kappa shape index (κ2) is 6.13. The van der Waals surface area contributed by atoms with Gasteiger partial charge in [0.15, 0.2) is 0 Å². The first-order chi connectivity index (χ1) is 7.20. The normalized spacial score (nSPS) is 12.2. The van der Waals surface area contributed by atoms with Gasteiger partial charge in [0.2, 0.25) is 0 Å². The van der Waals surface area contributed by atoms with E-state index in [4.69, 9.17) is 15.6 Å². The van der Waals surface area contributed by atoms with Gasteiger partial charge in [-0.05, 0) is 20.8 Å². The highest BCUT2D eigenvalue weighted by atomic mass is 16.6. The van der Waals surface area contributed by atoms with Gasteiger partial charge in [0.25, 0.3) is 0 Å². The van der Waals surface area contributed by atoms with Gasteiger partial charge >= 0.3 is 11.9 Å². The van der Waals surface area contributed by atoms with Crippen LogP contribution in [0.4, 0.5) is 0 Å². The standard InChI is InChI=1S/C11H17NO4/c1-11(2,3)16-10(15)6-4-5-8(12)7-9(13)14/h8H,5,7,12H2,1-3H3,(H,13,14)/t8-/m0/s1. The Kier molecular flexibility index (Phi) is 5.54. The Morgan fingerprint density at radius 3 is 2.44 bits per heavy atom. The molecule has 0 aliphatic heterocycles. The molecule has 0 aromatic heterocycles. The molecule has 5 heteroatoms. The van der Waals surface area contributed by atoms with Gasteiger partial charge in [-0.25, -0.2) is 4.79 Å². The topological polar surface area (TPSA) is 89.6 Å². The highest BCUT2D eigenvalue weighted by molar-refractivity contribution is 5.88. The molecule has 0 aliphatic carbocycles. The Bertz CT molecular complexity index is 319. The number of aliphatic carboxylic acids is 1. The van der Waals surface area contributed by atoms with Gasteiger partial charge in [0, 0.05) is 18.4 Å². The van der Waals surface area contributed by atoms with Crippen LogP contribution in [-0.2, 0) is 14.3 Å². The highest BCUT2D eigenvalue weighted by Crippen LogP contribution is 2.06. The molecule has 0 saturated heterocycles. The van der Waals surface area contributed by atoms with Gasteiger partial charge in [-0.3, -0.25) is 4.79 Å². The van der Waals surface area contributed by atoms with Crippen molar-refractivity contribution >= 4 is 11.9 Å². The maximum Gasteiger partial charge on any atom is 0.384 e. The number of hydrogen-bond donors (Lipinski definition) is 2. The minimum absolute atomic E-state index is 0.158. The van der Waals surface area contributed by atoms with E-state index in [0.29, 0.717) is 0 Å². The minimum atomic E-state index is -0.980. The molecule has 1 atom stereocenters. The van der Waals surface area contributed by atoms with Crippen LogP contribution in [0.2, 0.25) is 0 Å². The summed E-state index contributed by atoms with van der Waals surface area (Å²) in [4.78, 5) is 21.4. The molecule has 3 N–H and O–H groups in total. The van der Waals surface area contributed by atoms with E-state index in [1.54, 1.807) is 20.8 Å². The lowest BCUT2D eigenvalue weighted by molar-refractivity contribution is -0.147. The molecule has 0 spiro atoms. The lowest BCUT2D eigenvalue weighted by Gasteiger charge is -2.16. The minimum Gasteiger partial charge on any atom is -0.481 e. The van der Waals surface area contributed by atoms with Crippen LogP contribution in [0.1, 0.15) is 33.6 Å². The zero-order valence-corrected chi connectivity index (χ0v) is 9.74. The molecule has 90 valence electrons. The average Bonchev–Trinajstić information content (AvgIpc) is 1.98. The van der Waals surface area contributed by atoms with Gasteiger partial charge in [0.1, 0.15) is 5.60 Å². The maximum absolute atomic E-state index is 11.1. The van der Waals surface area contributed by atoms with Crippen LogP contribution >= 0.6 is 0 Å². The van der Waals surface area contributed by atoms with Crippen molar-refractivity contribution in [3.63, 3.8) is 0 Å². The summed E-state index contributed by atoms with van der Waals surface area (Å²) in [6.45, 7) is 5.22. The fraction of sp³-hybridized carbons (Fsp3) is 0.636. The van der Waals surface area contributed by atoms with Crippen molar-refractivity contribution in [3.05, 3.63) is 0 Å². The fourth-order valence-electron chi connectivity index (χ4n) is 0.854. The van der Waals surface area contributed by atoms with Crippen LogP contribution in [0.5, 0.6) is 0 Å². The summed E-state index contributed by atoms with van der Waals surface area (Å²) < 4.78 is 4.93. The molecular weight excluding hydrogens is 210 g/mol. The van der Waals surface area contributed by atoms with E-state index in [2.05, 4.69) is 11.8 Å². The number of carbonyl (C=O) groups excluding carboxylic acids is 1. The quantitative estimate of drug-likeness (QED) is 0.417. The molecular formula is C11H17NO4. The van der Waals surface area contributed by atoms with Crippen molar-refractivity contribution in [1.29, 1.82) is 0 Å². The smallest absolute Gasteiger partial charge is 0.384 e. The van der Waals surface area contributed by atoms with Crippen LogP contribution in [0.3, 0.4) is 0 Å². The van der Waals surface area contributed by atoms with Gasteiger partial charge < -0.3 is 15.6 Å². The van der Waals surface area contributed by atoms with Crippen LogP contribution in [0, 0.1) is 11.8 Å². The molecule has 5 nitrogen and oxygen atoms in total. The largest absolute Gasteiger partial charge is 0.481 e. The summed E-state index contributed by atoms with van der Waals surface area (Å²) in [6, 6.07) is -0.563. The Morgan fingerprint density at radius 1 is 1.44 bits per heavy atom. The van der Waals surface area contributed by atoms with E-state index in [0.717, 1.165) is 0 Å². The predicted molar refractivity (Wildman–Crippen MR) is 58.5 cm³/mol. The number of carboxylic acids is 1. The molecule has 0 aliphatic rings. The number of carboxylic acid groups (broad SMARTS) is 1. The Morgan fingerprint density at radius 2 is 2.00 bits per heavy atom. The van der Waals surface area contributed by atoms with Crippen molar-refractivity contribution in [2.24, 2.45) is 5.73 Å². The molecule has 0 rings (SSSR count). The zero-order valence-electron chi connectivity index (χ0n) is 9.74. The summed E-state index contributed by atoms with van der Waals surface area (Å²) >= 11 is 0. The number of hydrogen-bond acceptors (Lipinski definition) is 4. The van der Waals surface area contributed by atoms with Gasteiger partial charge in [-0.1, -0.05) is 5.92 Å². The molecule has 0 radical (unpaired) electrons. The first kappa shape index (κ1) is 14.5. The molecule has 0 unspecified atom stereocenters. The molecule has 0 fully saturated rings. The molecule has 0 amide bonds. The number of esters is 1. The number of carbonyl (C=O) groups is 2. The van der Waals surface area contributed by atoms with Crippen LogP contribution < -0.4 is 5.73 Å². The van der Waals surface area contributed by atoms with Crippen molar-refractivity contribution in [3.8, 4) is 11.8 Å². The third-order valence-electron chi connectivity index (χ3n) is 1.39. The monoisotopic (exact) mass is 227 g/mol. The summed E-state index contributed by atoms with van der Waals surface area (Å²) in [7, 11) is 0. The highest BCUT2D eigenvalue weighted by Gasteiger charge is 2.14. The first-order valence-electron chi connectivity index (χ1n) is 4.90. The SMILES string of the molecule is CC(C)(C)OC(=O)C#CC[C@H](N)CC(=O)O. The summed E-state index contributed by atoms with van der Waals surface area (Å²) in [6.07, 6.45) is -0.00542. The second-order valence-corrected chi connectivity index (χ2v) is 4.37. The Balaban J connectivity index is 4.02. The number of nitrogens with two attached hydrogens (primary N) is 1. The zero-order chi connectivity index (χ0) is 12.8. The van der Waals surface area contributed by atoms with E-state index in [1.165, 1.54) is 0 Å². The molecule has 0 aromatic carbocycles. The summed E-state index contributed by atoms with van der Waals surface area (Å²) in [5.41, 5.74) is 4.88. The summed E-state index contributed by atoms with van der Waals surface area (Å²) in [5, 5.41) is 8.43. The molecule has 0 bridgehead atoms. The van der Waals surface area contributed by atoms with Crippen molar-refractivity contribution in [2.45, 2.75) is 45.3 Å². The summed E-state index contributed by atoms with van der Waals surface area (Å²) in [5.74, 6) is 3.15. The van der Waals surface area contributed by atoms with Gasteiger partial charge in [-0.15, -0.1) is 0 Å². The maximum atomic E-state index is 11.1. The van der Waals surface area contributed by atoms with Crippen molar-refractivity contribution in [1.82, 2.24) is 0 Å². The van der Waals surface area contributed by atoms with Gasteiger partial charge in [-0.2, -0.15) is 0 Å². The molecule has 0 aromatic rings. The molecule has 16 heavy (non-hydrogen) atoms. The van der Waals surface area contributed by atoms with E-state index >= 15 is 0 Å². The lowest BCUT2D eigenvalue weighted by Crippen LogP contribution is -2.24. The van der Waals surface area contributed by atoms with E-state index in [1.807, 2.05) is 0 Å².